The van der Waals surface area contributed by atoms with Crippen LogP contribution in [0.4, 0.5) is 0 Å². The maximum absolute atomic E-state index is 10.0. The Balaban J connectivity index is 1.67. The molecule has 0 saturated carbocycles. The number of nitrogens with zero attached hydrogens (tertiary/aromatic N) is 1. The SMILES string of the molecule is Oc1cccc([C@@]23CCNC[C@H]2Cc2cc4ccccc4nc2C3)c1. The Morgan fingerprint density at radius 2 is 2.00 bits per heavy atom. The number of para-hydroxylation sites is 1. The van der Waals surface area contributed by atoms with Crippen molar-refractivity contribution >= 4 is 10.9 Å². The number of phenols is 1. The van der Waals surface area contributed by atoms with E-state index in [1.807, 2.05) is 12.1 Å². The summed E-state index contributed by atoms with van der Waals surface area (Å²) in [6, 6.07) is 18.6. The number of hydrogen-bond donors (Lipinski definition) is 2. The molecule has 25 heavy (non-hydrogen) atoms. The van der Waals surface area contributed by atoms with E-state index in [2.05, 4.69) is 41.7 Å². The van der Waals surface area contributed by atoms with Crippen molar-refractivity contribution in [2.75, 3.05) is 13.1 Å². The van der Waals surface area contributed by atoms with Gasteiger partial charge in [-0.1, -0.05) is 30.3 Å². The average molecular weight is 330 g/mol. The zero-order valence-electron chi connectivity index (χ0n) is 14.2. The number of benzene rings is 2. The van der Waals surface area contributed by atoms with Crippen LogP contribution in [-0.2, 0) is 18.3 Å². The van der Waals surface area contributed by atoms with Gasteiger partial charge in [0.15, 0.2) is 0 Å². The Morgan fingerprint density at radius 3 is 2.92 bits per heavy atom. The molecular formula is C22H22N2O. The van der Waals surface area contributed by atoms with Crippen LogP contribution in [0.1, 0.15) is 23.2 Å². The standard InChI is InChI=1S/C22H22N2O/c25-19-6-3-5-17(12-19)22-8-9-23-14-18(22)11-16-10-15-4-1-2-7-20(15)24-21(16)13-22/h1-7,10,12,18,23,25H,8-9,11,13-14H2/t18-,22+/m1/s1. The number of rotatable bonds is 1. The Labute approximate surface area is 147 Å². The molecule has 126 valence electrons. The van der Waals surface area contributed by atoms with Crippen molar-refractivity contribution in [1.82, 2.24) is 10.3 Å². The fourth-order valence-electron chi connectivity index (χ4n) is 4.88. The second-order valence-electron chi connectivity index (χ2n) is 7.53. The molecule has 0 spiro atoms. The third-order valence-electron chi connectivity index (χ3n) is 6.18. The molecule has 2 heterocycles. The Morgan fingerprint density at radius 1 is 1.08 bits per heavy atom. The molecule has 2 aromatic carbocycles. The number of aromatic hydroxyl groups is 1. The van der Waals surface area contributed by atoms with Crippen LogP contribution in [0.3, 0.4) is 0 Å². The molecule has 1 aliphatic heterocycles. The summed E-state index contributed by atoms with van der Waals surface area (Å²) >= 11 is 0. The molecule has 1 aromatic heterocycles. The van der Waals surface area contributed by atoms with E-state index >= 15 is 0 Å². The lowest BCUT2D eigenvalue weighted by Crippen LogP contribution is -2.52. The molecule has 3 aromatic rings. The minimum Gasteiger partial charge on any atom is -0.508 e. The molecule has 2 atom stereocenters. The van der Waals surface area contributed by atoms with Crippen LogP contribution in [0, 0.1) is 5.92 Å². The zero-order valence-corrected chi connectivity index (χ0v) is 14.2. The summed E-state index contributed by atoms with van der Waals surface area (Å²) in [6.45, 7) is 2.05. The van der Waals surface area contributed by atoms with E-state index in [-0.39, 0.29) is 5.41 Å². The van der Waals surface area contributed by atoms with Crippen molar-refractivity contribution in [3.8, 4) is 5.75 Å². The zero-order chi connectivity index (χ0) is 16.9. The molecule has 0 bridgehead atoms. The molecule has 5 rings (SSSR count). The highest BCUT2D eigenvalue weighted by atomic mass is 16.3. The molecule has 1 fully saturated rings. The summed E-state index contributed by atoms with van der Waals surface area (Å²) in [5, 5.41) is 14.8. The van der Waals surface area contributed by atoms with E-state index in [0.717, 1.165) is 37.9 Å². The topological polar surface area (TPSA) is 45.1 Å². The fraction of sp³-hybridized carbons (Fsp3) is 0.318. The molecule has 1 aliphatic carbocycles. The first-order valence-corrected chi connectivity index (χ1v) is 9.12. The molecule has 0 unspecified atom stereocenters. The van der Waals surface area contributed by atoms with Crippen LogP contribution in [0.25, 0.3) is 10.9 Å². The van der Waals surface area contributed by atoms with Crippen molar-refractivity contribution in [2.24, 2.45) is 5.92 Å². The quantitative estimate of drug-likeness (QED) is 0.717. The van der Waals surface area contributed by atoms with Crippen molar-refractivity contribution in [2.45, 2.75) is 24.7 Å². The largest absolute Gasteiger partial charge is 0.508 e. The third-order valence-corrected chi connectivity index (χ3v) is 6.18. The monoisotopic (exact) mass is 330 g/mol. The van der Waals surface area contributed by atoms with E-state index in [9.17, 15) is 5.11 Å². The first-order valence-electron chi connectivity index (χ1n) is 9.12. The van der Waals surface area contributed by atoms with Crippen LogP contribution in [0.15, 0.2) is 54.6 Å². The van der Waals surface area contributed by atoms with Gasteiger partial charge in [0, 0.05) is 22.9 Å². The highest BCUT2D eigenvalue weighted by Crippen LogP contribution is 2.46. The van der Waals surface area contributed by atoms with Crippen LogP contribution >= 0.6 is 0 Å². The van der Waals surface area contributed by atoms with Gasteiger partial charge >= 0.3 is 0 Å². The van der Waals surface area contributed by atoms with Gasteiger partial charge in [-0.25, -0.2) is 0 Å². The van der Waals surface area contributed by atoms with Crippen LogP contribution in [0.2, 0.25) is 0 Å². The van der Waals surface area contributed by atoms with E-state index in [1.165, 1.54) is 22.2 Å². The lowest BCUT2D eigenvalue weighted by molar-refractivity contribution is 0.181. The summed E-state index contributed by atoms with van der Waals surface area (Å²) in [5.74, 6) is 0.903. The van der Waals surface area contributed by atoms with Crippen LogP contribution in [-0.4, -0.2) is 23.2 Å². The first kappa shape index (κ1) is 14.9. The van der Waals surface area contributed by atoms with Crippen LogP contribution < -0.4 is 5.32 Å². The Hall–Kier alpha value is -2.39. The third kappa shape index (κ3) is 2.34. The minimum atomic E-state index is 0.0758. The predicted octanol–water partition coefficient (Wildman–Crippen LogP) is 3.59. The summed E-state index contributed by atoms with van der Waals surface area (Å²) in [5.41, 5.74) is 5.05. The minimum absolute atomic E-state index is 0.0758. The number of fused-ring (bicyclic) bond motifs is 3. The van der Waals surface area contributed by atoms with Gasteiger partial charge in [-0.2, -0.15) is 0 Å². The van der Waals surface area contributed by atoms with Gasteiger partial charge in [0.1, 0.15) is 5.75 Å². The lowest BCUT2D eigenvalue weighted by atomic mass is 9.59. The number of nitrogens with one attached hydrogen (secondary N) is 1. The van der Waals surface area contributed by atoms with E-state index in [1.54, 1.807) is 6.07 Å². The summed E-state index contributed by atoms with van der Waals surface area (Å²) in [4.78, 5) is 5.02. The van der Waals surface area contributed by atoms with Gasteiger partial charge in [0.05, 0.1) is 5.52 Å². The number of pyridine rings is 1. The van der Waals surface area contributed by atoms with E-state index in [4.69, 9.17) is 4.98 Å². The molecule has 0 radical (unpaired) electrons. The predicted molar refractivity (Wildman–Crippen MR) is 99.9 cm³/mol. The maximum atomic E-state index is 10.0. The van der Waals surface area contributed by atoms with Gasteiger partial charge < -0.3 is 10.4 Å². The smallest absolute Gasteiger partial charge is 0.115 e. The molecular weight excluding hydrogens is 308 g/mol. The molecule has 0 amide bonds. The Bertz CT molecular complexity index is 952. The van der Waals surface area contributed by atoms with Crippen molar-refractivity contribution in [1.29, 1.82) is 0 Å². The van der Waals surface area contributed by atoms with Gasteiger partial charge in [-0.3, -0.25) is 4.98 Å². The van der Waals surface area contributed by atoms with Gasteiger partial charge in [-0.05, 0) is 67.2 Å². The summed E-state index contributed by atoms with van der Waals surface area (Å²) in [7, 11) is 0. The van der Waals surface area contributed by atoms with Crippen molar-refractivity contribution in [3.05, 3.63) is 71.4 Å². The van der Waals surface area contributed by atoms with E-state index < -0.39 is 0 Å². The molecule has 2 N–H and O–H groups in total. The summed E-state index contributed by atoms with van der Waals surface area (Å²) < 4.78 is 0. The molecule has 2 aliphatic rings. The number of aromatic nitrogens is 1. The second kappa shape index (κ2) is 5.57. The van der Waals surface area contributed by atoms with E-state index in [0.29, 0.717) is 11.7 Å². The fourth-order valence-corrected chi connectivity index (χ4v) is 4.88. The van der Waals surface area contributed by atoms with Gasteiger partial charge in [-0.15, -0.1) is 0 Å². The first-order chi connectivity index (χ1) is 12.2. The second-order valence-corrected chi connectivity index (χ2v) is 7.53. The number of hydrogen-bond acceptors (Lipinski definition) is 3. The van der Waals surface area contributed by atoms with Crippen molar-refractivity contribution in [3.63, 3.8) is 0 Å². The number of piperidine rings is 1. The molecule has 3 heteroatoms. The normalized spacial score (nSPS) is 25.4. The Kier molecular flexibility index (Phi) is 3.32. The van der Waals surface area contributed by atoms with Crippen LogP contribution in [0.5, 0.6) is 5.75 Å². The highest BCUT2D eigenvalue weighted by molar-refractivity contribution is 5.79. The molecule has 1 saturated heterocycles. The van der Waals surface area contributed by atoms with Gasteiger partial charge in [0.25, 0.3) is 0 Å². The highest BCUT2D eigenvalue weighted by Gasteiger charge is 2.46. The summed E-state index contributed by atoms with van der Waals surface area (Å²) in [6.07, 6.45) is 3.11. The maximum Gasteiger partial charge on any atom is 0.115 e. The van der Waals surface area contributed by atoms with Crippen molar-refractivity contribution < 1.29 is 5.11 Å². The average Bonchev–Trinajstić information content (AvgIpc) is 2.64. The molecule has 3 nitrogen and oxygen atoms in total. The van der Waals surface area contributed by atoms with Gasteiger partial charge in [0.2, 0.25) is 0 Å². The number of phenolic OH excluding ortho intramolecular Hbond substituents is 1. The lowest BCUT2D eigenvalue weighted by Gasteiger charge is -2.48.